The Morgan fingerprint density at radius 1 is 1.09 bits per heavy atom. The van der Waals surface area contributed by atoms with Crippen LogP contribution in [0.1, 0.15) is 5.56 Å². The van der Waals surface area contributed by atoms with Gasteiger partial charge in [0.25, 0.3) is 0 Å². The van der Waals surface area contributed by atoms with E-state index in [1.165, 1.54) is 0 Å². The van der Waals surface area contributed by atoms with Crippen molar-refractivity contribution in [2.45, 2.75) is 0 Å². The second-order valence-electron chi connectivity index (χ2n) is 4.93. The van der Waals surface area contributed by atoms with Gasteiger partial charge in [-0.2, -0.15) is 0 Å². The molecule has 0 aliphatic carbocycles. The summed E-state index contributed by atoms with van der Waals surface area (Å²) in [6.07, 6.45) is 1.80. The lowest BCUT2D eigenvalue weighted by atomic mass is 10.1. The summed E-state index contributed by atoms with van der Waals surface area (Å²) >= 11 is 3.36. The van der Waals surface area contributed by atoms with Crippen molar-refractivity contribution in [2.24, 2.45) is 0 Å². The molecule has 0 aromatic heterocycles. The van der Waals surface area contributed by atoms with Crippen molar-refractivity contribution in [1.29, 1.82) is 0 Å². The molecule has 4 nitrogen and oxygen atoms in total. The summed E-state index contributed by atoms with van der Waals surface area (Å²) in [5, 5.41) is 0. The van der Waals surface area contributed by atoms with E-state index in [0.717, 1.165) is 21.5 Å². The van der Waals surface area contributed by atoms with Gasteiger partial charge in [0, 0.05) is 10.0 Å². The number of fused-ring (bicyclic) bond motifs is 1. The molecule has 0 radical (unpaired) electrons. The number of hydrogen-bond donors (Lipinski definition) is 0. The number of benzene rings is 2. The Kier molecular flexibility index (Phi) is 4.98. The summed E-state index contributed by atoms with van der Waals surface area (Å²) in [6.45, 7) is 0.718. The average molecular weight is 375 g/mol. The van der Waals surface area contributed by atoms with Crippen LogP contribution in [-0.2, 0) is 9.53 Å². The monoisotopic (exact) mass is 374 g/mol. The molecule has 0 fully saturated rings. The molecule has 0 unspecified atom stereocenters. The molecule has 0 atom stereocenters. The highest BCUT2D eigenvalue weighted by molar-refractivity contribution is 9.10. The molecule has 0 N–H and O–H groups in total. The fourth-order valence-corrected chi connectivity index (χ4v) is 2.42. The van der Waals surface area contributed by atoms with E-state index in [1.54, 1.807) is 6.08 Å². The summed E-state index contributed by atoms with van der Waals surface area (Å²) in [4.78, 5) is 12.0. The summed E-state index contributed by atoms with van der Waals surface area (Å²) in [5.41, 5.74) is 1.39. The van der Waals surface area contributed by atoms with Gasteiger partial charge in [-0.1, -0.05) is 34.1 Å². The smallest absolute Gasteiger partial charge is 0.337 e. The Balaban J connectivity index is 1.48. The fourth-order valence-electron chi connectivity index (χ4n) is 2.15. The van der Waals surface area contributed by atoms with Crippen molar-refractivity contribution in [1.82, 2.24) is 0 Å². The zero-order valence-electron chi connectivity index (χ0n) is 12.3. The second-order valence-corrected chi connectivity index (χ2v) is 5.85. The average Bonchev–Trinajstić information content (AvgIpc) is 2.59. The minimum absolute atomic E-state index is 0.188. The number of ether oxygens (including phenoxy) is 3. The molecule has 23 heavy (non-hydrogen) atoms. The van der Waals surface area contributed by atoms with Crippen LogP contribution >= 0.6 is 15.9 Å². The Morgan fingerprint density at radius 2 is 1.87 bits per heavy atom. The number of para-hydroxylation sites is 1. The van der Waals surface area contributed by atoms with Gasteiger partial charge in [0.2, 0.25) is 0 Å². The predicted octanol–water partition coefficient (Wildman–Crippen LogP) is 3.85. The molecule has 2 aromatic rings. The van der Waals surface area contributed by atoms with Crippen LogP contribution in [0, 0.1) is 0 Å². The van der Waals surface area contributed by atoms with Gasteiger partial charge in [0.1, 0.15) is 31.3 Å². The normalized spacial score (nSPS) is 12.7. The van der Waals surface area contributed by atoms with Crippen LogP contribution in [0.4, 0.5) is 0 Å². The first kappa shape index (κ1) is 15.6. The van der Waals surface area contributed by atoms with Crippen LogP contribution < -0.4 is 9.47 Å². The number of carbonyl (C=O) groups excluding carboxylic acids is 1. The fraction of sp³-hybridized carbons (Fsp3) is 0.167. The summed E-state index contributed by atoms with van der Waals surface area (Å²) in [7, 11) is 0. The van der Waals surface area contributed by atoms with Crippen molar-refractivity contribution >= 4 is 28.0 Å². The van der Waals surface area contributed by atoms with E-state index in [9.17, 15) is 4.79 Å². The molecule has 0 saturated heterocycles. The van der Waals surface area contributed by atoms with Gasteiger partial charge in [-0.15, -0.1) is 0 Å². The van der Waals surface area contributed by atoms with Gasteiger partial charge in [-0.05, 0) is 36.4 Å². The zero-order valence-corrected chi connectivity index (χ0v) is 13.9. The van der Waals surface area contributed by atoms with E-state index in [1.807, 2.05) is 48.5 Å². The molecule has 2 aromatic carbocycles. The Labute approximate surface area is 142 Å². The summed E-state index contributed by atoms with van der Waals surface area (Å²) < 4.78 is 17.3. The molecular formula is C18H15BrO4. The lowest BCUT2D eigenvalue weighted by Crippen LogP contribution is -2.19. The summed E-state index contributed by atoms with van der Waals surface area (Å²) in [6, 6.07) is 15.1. The highest BCUT2D eigenvalue weighted by atomic mass is 79.9. The third kappa shape index (κ3) is 4.13. The minimum Gasteiger partial charge on any atom is -0.490 e. The molecule has 3 rings (SSSR count). The number of halogens is 1. The van der Waals surface area contributed by atoms with Crippen LogP contribution in [0.2, 0.25) is 0 Å². The molecule has 1 aliphatic rings. The number of rotatable bonds is 5. The molecule has 0 spiro atoms. The first-order valence-electron chi connectivity index (χ1n) is 7.20. The molecule has 0 amide bonds. The van der Waals surface area contributed by atoms with E-state index >= 15 is 0 Å². The molecule has 5 heteroatoms. The molecular weight excluding hydrogens is 360 g/mol. The first-order chi connectivity index (χ1) is 11.2. The van der Waals surface area contributed by atoms with Gasteiger partial charge >= 0.3 is 5.97 Å². The quantitative estimate of drug-likeness (QED) is 0.588. The van der Waals surface area contributed by atoms with E-state index in [4.69, 9.17) is 14.2 Å². The minimum atomic E-state index is -0.376. The first-order valence-corrected chi connectivity index (χ1v) is 7.99. The van der Waals surface area contributed by atoms with E-state index < -0.39 is 0 Å². The SMILES string of the molecule is O=C(OCCOc1ccc(Br)cc1)C1=Cc2ccccc2OC1. The largest absolute Gasteiger partial charge is 0.490 e. The number of hydrogen-bond acceptors (Lipinski definition) is 4. The van der Waals surface area contributed by atoms with Gasteiger partial charge in [-0.25, -0.2) is 4.79 Å². The molecule has 118 valence electrons. The van der Waals surface area contributed by atoms with Crippen molar-refractivity contribution in [3.05, 3.63) is 64.1 Å². The van der Waals surface area contributed by atoms with Crippen LogP contribution in [0.5, 0.6) is 11.5 Å². The van der Waals surface area contributed by atoms with Gasteiger partial charge in [-0.3, -0.25) is 0 Å². The van der Waals surface area contributed by atoms with Crippen molar-refractivity contribution in [3.8, 4) is 11.5 Å². The van der Waals surface area contributed by atoms with Crippen molar-refractivity contribution < 1.29 is 19.0 Å². The lowest BCUT2D eigenvalue weighted by Gasteiger charge is -2.17. The van der Waals surface area contributed by atoms with Gasteiger partial charge in [0.15, 0.2) is 0 Å². The van der Waals surface area contributed by atoms with Crippen LogP contribution in [0.25, 0.3) is 6.08 Å². The van der Waals surface area contributed by atoms with Crippen LogP contribution in [-0.4, -0.2) is 25.8 Å². The lowest BCUT2D eigenvalue weighted by molar-refractivity contribution is -0.140. The molecule has 1 heterocycles. The maximum atomic E-state index is 12.0. The van der Waals surface area contributed by atoms with Crippen LogP contribution in [0.3, 0.4) is 0 Å². The maximum Gasteiger partial charge on any atom is 0.337 e. The maximum absolute atomic E-state index is 12.0. The third-order valence-corrected chi connectivity index (χ3v) is 3.82. The van der Waals surface area contributed by atoms with Gasteiger partial charge < -0.3 is 14.2 Å². The van der Waals surface area contributed by atoms with Crippen molar-refractivity contribution in [3.63, 3.8) is 0 Å². The molecule has 0 saturated carbocycles. The standard InChI is InChI=1S/C18H15BrO4/c19-15-5-7-16(8-6-15)21-9-10-22-18(20)14-11-13-3-1-2-4-17(13)23-12-14/h1-8,11H,9-10,12H2. The Morgan fingerprint density at radius 3 is 2.70 bits per heavy atom. The third-order valence-electron chi connectivity index (χ3n) is 3.29. The van der Waals surface area contributed by atoms with E-state index in [0.29, 0.717) is 12.2 Å². The number of esters is 1. The van der Waals surface area contributed by atoms with E-state index in [2.05, 4.69) is 15.9 Å². The van der Waals surface area contributed by atoms with Crippen molar-refractivity contribution in [2.75, 3.05) is 19.8 Å². The predicted molar refractivity (Wildman–Crippen MR) is 90.5 cm³/mol. The second kappa shape index (κ2) is 7.33. The molecule has 0 bridgehead atoms. The van der Waals surface area contributed by atoms with Crippen LogP contribution in [0.15, 0.2) is 58.6 Å². The topological polar surface area (TPSA) is 44.8 Å². The molecule has 1 aliphatic heterocycles. The number of carbonyl (C=O) groups is 1. The highest BCUT2D eigenvalue weighted by Crippen LogP contribution is 2.26. The Hall–Kier alpha value is -2.27. The van der Waals surface area contributed by atoms with Gasteiger partial charge in [0.05, 0.1) is 5.57 Å². The highest BCUT2D eigenvalue weighted by Gasteiger charge is 2.17. The Bertz CT molecular complexity index is 722. The zero-order chi connectivity index (χ0) is 16.1. The summed E-state index contributed by atoms with van der Waals surface area (Å²) in [5.74, 6) is 1.14. The van der Waals surface area contributed by atoms with E-state index in [-0.39, 0.29) is 19.2 Å².